The molecule has 0 saturated heterocycles. The topological polar surface area (TPSA) is 78.9 Å². The van der Waals surface area contributed by atoms with Crippen LogP contribution in [0.5, 0.6) is 0 Å². The van der Waals surface area contributed by atoms with Gasteiger partial charge in [-0.05, 0) is 77.0 Å². The van der Waals surface area contributed by atoms with Crippen molar-refractivity contribution in [3.05, 3.63) is 36.5 Å². The van der Waals surface area contributed by atoms with Crippen molar-refractivity contribution in [1.29, 1.82) is 0 Å². The Kier molecular flexibility index (Phi) is 63.1. The molecule has 0 aromatic rings. The predicted molar refractivity (Wildman–Crippen MR) is 330 cm³/mol. The smallest absolute Gasteiger partial charge is 0.306 e. The van der Waals surface area contributed by atoms with E-state index in [0.717, 1.165) is 64.2 Å². The first-order valence-electron chi connectivity index (χ1n) is 34.0. The highest BCUT2D eigenvalue weighted by atomic mass is 16.6. The van der Waals surface area contributed by atoms with Gasteiger partial charge in [-0.15, -0.1) is 0 Å². The maximum atomic E-state index is 12.9. The van der Waals surface area contributed by atoms with Gasteiger partial charge in [0.1, 0.15) is 13.2 Å². The number of allylic oxidation sites excluding steroid dienone is 6. The molecule has 0 heterocycles. The first-order valence-corrected chi connectivity index (χ1v) is 34.0. The number of carbonyl (C=O) groups is 3. The molecule has 0 aromatic heterocycles. The maximum absolute atomic E-state index is 12.9. The van der Waals surface area contributed by atoms with Gasteiger partial charge in [0.2, 0.25) is 0 Å². The molecule has 0 aliphatic carbocycles. The number of ether oxygens (including phenoxy) is 3. The number of unbranched alkanes of at least 4 members (excludes halogenated alkanes) is 46. The van der Waals surface area contributed by atoms with Crippen molar-refractivity contribution < 1.29 is 28.6 Å². The van der Waals surface area contributed by atoms with Crippen LogP contribution >= 0.6 is 0 Å². The van der Waals surface area contributed by atoms with Gasteiger partial charge in [-0.1, -0.05) is 314 Å². The molecule has 0 bridgehead atoms. The Balaban J connectivity index is 4.15. The van der Waals surface area contributed by atoms with E-state index in [-0.39, 0.29) is 31.1 Å². The monoisotopic (exact) mass is 1070 g/mol. The van der Waals surface area contributed by atoms with Gasteiger partial charge in [-0.3, -0.25) is 14.4 Å². The summed E-state index contributed by atoms with van der Waals surface area (Å²) in [7, 11) is 0. The van der Waals surface area contributed by atoms with Crippen molar-refractivity contribution in [2.75, 3.05) is 13.2 Å². The van der Waals surface area contributed by atoms with Crippen LogP contribution in [0.3, 0.4) is 0 Å². The third-order valence-corrected chi connectivity index (χ3v) is 15.4. The highest BCUT2D eigenvalue weighted by Gasteiger charge is 2.19. The minimum Gasteiger partial charge on any atom is -0.462 e. The zero-order valence-electron chi connectivity index (χ0n) is 51.3. The molecule has 446 valence electrons. The van der Waals surface area contributed by atoms with Gasteiger partial charge < -0.3 is 14.2 Å². The van der Waals surface area contributed by atoms with Gasteiger partial charge in [-0.25, -0.2) is 0 Å². The Morgan fingerprint density at radius 1 is 0.263 bits per heavy atom. The normalized spacial score (nSPS) is 12.2. The largest absolute Gasteiger partial charge is 0.462 e. The van der Waals surface area contributed by atoms with E-state index in [1.165, 1.54) is 270 Å². The summed E-state index contributed by atoms with van der Waals surface area (Å²) in [6.07, 6.45) is 80.3. The molecule has 0 rings (SSSR count). The van der Waals surface area contributed by atoms with E-state index in [1.54, 1.807) is 0 Å². The van der Waals surface area contributed by atoms with Crippen molar-refractivity contribution >= 4 is 17.9 Å². The Hall–Kier alpha value is -2.37. The summed E-state index contributed by atoms with van der Waals surface area (Å²) in [5.74, 6) is -0.848. The van der Waals surface area contributed by atoms with E-state index in [2.05, 4.69) is 57.2 Å². The van der Waals surface area contributed by atoms with Crippen LogP contribution in [-0.2, 0) is 28.6 Å². The average molecular weight is 1070 g/mol. The van der Waals surface area contributed by atoms with E-state index in [1.807, 2.05) is 0 Å². The van der Waals surface area contributed by atoms with Crippen LogP contribution in [0.2, 0.25) is 0 Å². The van der Waals surface area contributed by atoms with Crippen LogP contribution in [-0.4, -0.2) is 37.2 Å². The molecule has 0 radical (unpaired) electrons. The molecule has 0 spiro atoms. The van der Waals surface area contributed by atoms with Crippen molar-refractivity contribution in [2.24, 2.45) is 0 Å². The number of carbonyl (C=O) groups excluding carboxylic acids is 3. The summed E-state index contributed by atoms with van der Waals surface area (Å²) in [6, 6.07) is 0. The van der Waals surface area contributed by atoms with E-state index in [0.29, 0.717) is 19.3 Å². The van der Waals surface area contributed by atoms with Gasteiger partial charge in [-0.2, -0.15) is 0 Å². The first-order chi connectivity index (χ1) is 37.5. The minimum absolute atomic E-state index is 0.0684. The molecule has 1 atom stereocenters. The fourth-order valence-electron chi connectivity index (χ4n) is 10.2. The van der Waals surface area contributed by atoms with Gasteiger partial charge in [0.15, 0.2) is 6.10 Å². The zero-order valence-corrected chi connectivity index (χ0v) is 51.3. The van der Waals surface area contributed by atoms with E-state index in [4.69, 9.17) is 14.2 Å². The number of rotatable bonds is 63. The minimum atomic E-state index is -0.771. The Bertz CT molecular complexity index is 1270. The van der Waals surface area contributed by atoms with Crippen LogP contribution in [0.1, 0.15) is 374 Å². The lowest BCUT2D eigenvalue weighted by atomic mass is 10.0. The number of esters is 3. The summed E-state index contributed by atoms with van der Waals surface area (Å²) in [4.78, 5) is 38.3. The van der Waals surface area contributed by atoms with Crippen molar-refractivity contribution in [1.82, 2.24) is 0 Å². The van der Waals surface area contributed by atoms with E-state index in [9.17, 15) is 14.4 Å². The fourth-order valence-corrected chi connectivity index (χ4v) is 10.2. The van der Waals surface area contributed by atoms with Crippen LogP contribution in [0, 0.1) is 0 Å². The second kappa shape index (κ2) is 65.2. The Labute approximate surface area is 474 Å². The quantitative estimate of drug-likeness (QED) is 0.0261. The summed E-state index contributed by atoms with van der Waals surface area (Å²) >= 11 is 0. The SMILES string of the molecule is CCCCCCC/C=C\C/C=C\CCCCCCCCCCCCCCCCCCCC(=O)OCC(COC(=O)CCCCCCCCCCCCC)OC(=O)CCCCCCCCC/C=C\CCCCCCCCC. The van der Waals surface area contributed by atoms with Crippen molar-refractivity contribution in [3.8, 4) is 0 Å². The lowest BCUT2D eigenvalue weighted by Crippen LogP contribution is -2.30. The van der Waals surface area contributed by atoms with Crippen LogP contribution in [0.25, 0.3) is 0 Å². The van der Waals surface area contributed by atoms with Crippen LogP contribution < -0.4 is 0 Å². The Morgan fingerprint density at radius 2 is 0.474 bits per heavy atom. The standard InChI is InChI=1S/C70H130O6/c1-4-7-10-13-16-19-22-24-26-28-30-31-32-33-34-35-36-37-38-39-40-42-43-45-48-51-54-57-60-63-69(72)75-66-67(65-74-68(71)62-59-56-53-50-47-21-18-15-12-9-6-3)76-70(73)64-61-58-55-52-49-46-44-41-29-27-25-23-20-17-14-11-8-5-2/h22,24,27-30,67H,4-21,23,25-26,31-66H2,1-3H3/b24-22-,29-27-,30-28-. The second-order valence-corrected chi connectivity index (χ2v) is 23.1. The summed E-state index contributed by atoms with van der Waals surface area (Å²) in [6.45, 7) is 6.68. The van der Waals surface area contributed by atoms with Gasteiger partial charge >= 0.3 is 17.9 Å². The number of hydrogen-bond donors (Lipinski definition) is 0. The van der Waals surface area contributed by atoms with Gasteiger partial charge in [0, 0.05) is 19.3 Å². The summed E-state index contributed by atoms with van der Waals surface area (Å²) < 4.78 is 16.9. The van der Waals surface area contributed by atoms with E-state index >= 15 is 0 Å². The second-order valence-electron chi connectivity index (χ2n) is 23.1. The van der Waals surface area contributed by atoms with Crippen LogP contribution in [0.15, 0.2) is 36.5 Å². The fraction of sp³-hybridized carbons (Fsp3) is 0.871. The molecular weight excluding hydrogens is 937 g/mol. The summed E-state index contributed by atoms with van der Waals surface area (Å²) in [5.41, 5.74) is 0. The molecule has 76 heavy (non-hydrogen) atoms. The molecule has 1 unspecified atom stereocenters. The summed E-state index contributed by atoms with van der Waals surface area (Å²) in [5, 5.41) is 0. The molecule has 0 saturated carbocycles. The Morgan fingerprint density at radius 3 is 0.737 bits per heavy atom. The molecule has 0 aliphatic heterocycles. The molecule has 0 fully saturated rings. The van der Waals surface area contributed by atoms with E-state index < -0.39 is 6.10 Å². The lowest BCUT2D eigenvalue weighted by Gasteiger charge is -2.18. The zero-order chi connectivity index (χ0) is 55.0. The predicted octanol–water partition coefficient (Wildman–Crippen LogP) is 23.2. The lowest BCUT2D eigenvalue weighted by molar-refractivity contribution is -0.167. The molecule has 6 nitrogen and oxygen atoms in total. The first kappa shape index (κ1) is 73.6. The average Bonchev–Trinajstić information content (AvgIpc) is 3.42. The highest BCUT2D eigenvalue weighted by Crippen LogP contribution is 2.18. The maximum Gasteiger partial charge on any atom is 0.306 e. The molecular formula is C70H130O6. The van der Waals surface area contributed by atoms with Crippen LogP contribution in [0.4, 0.5) is 0 Å². The van der Waals surface area contributed by atoms with Crippen molar-refractivity contribution in [3.63, 3.8) is 0 Å². The highest BCUT2D eigenvalue weighted by molar-refractivity contribution is 5.71. The number of hydrogen-bond acceptors (Lipinski definition) is 6. The molecule has 6 heteroatoms. The van der Waals surface area contributed by atoms with Gasteiger partial charge in [0.25, 0.3) is 0 Å². The van der Waals surface area contributed by atoms with Crippen molar-refractivity contribution in [2.45, 2.75) is 380 Å². The third-order valence-electron chi connectivity index (χ3n) is 15.4. The van der Waals surface area contributed by atoms with Gasteiger partial charge in [0.05, 0.1) is 0 Å². The molecule has 0 aliphatic rings. The molecule has 0 amide bonds. The molecule has 0 N–H and O–H groups in total. The molecule has 0 aromatic carbocycles. The third kappa shape index (κ3) is 62.5.